The molecular formula is C79H151NO5. The normalized spacial score (nSPS) is 12.7. The second-order valence-corrected chi connectivity index (χ2v) is 26.7. The maximum absolute atomic E-state index is 12.5. The van der Waals surface area contributed by atoms with Crippen molar-refractivity contribution in [3.63, 3.8) is 0 Å². The molecule has 0 aromatic carbocycles. The molecule has 0 aromatic rings. The van der Waals surface area contributed by atoms with Crippen molar-refractivity contribution in [3.05, 3.63) is 36.5 Å². The Hall–Kier alpha value is -1.92. The molecule has 0 saturated carbocycles. The lowest BCUT2D eigenvalue weighted by molar-refractivity contribution is -0.143. The van der Waals surface area contributed by atoms with Gasteiger partial charge in [-0.2, -0.15) is 0 Å². The van der Waals surface area contributed by atoms with Crippen LogP contribution in [0.4, 0.5) is 0 Å². The number of unbranched alkanes of at least 4 members (excludes halogenated alkanes) is 58. The predicted octanol–water partition coefficient (Wildman–Crippen LogP) is 25.4. The van der Waals surface area contributed by atoms with Gasteiger partial charge in [-0.15, -0.1) is 0 Å². The van der Waals surface area contributed by atoms with E-state index in [1.807, 2.05) is 6.08 Å². The lowest BCUT2D eigenvalue weighted by Gasteiger charge is -2.20. The molecule has 85 heavy (non-hydrogen) atoms. The van der Waals surface area contributed by atoms with Gasteiger partial charge in [0.25, 0.3) is 0 Å². The number of aliphatic hydroxyl groups excluding tert-OH is 2. The minimum Gasteiger partial charge on any atom is -0.466 e. The first-order valence-corrected chi connectivity index (χ1v) is 38.8. The van der Waals surface area contributed by atoms with E-state index in [0.717, 1.165) is 44.9 Å². The van der Waals surface area contributed by atoms with Gasteiger partial charge in [-0.05, 0) is 83.5 Å². The molecular weight excluding hydrogens is 1040 g/mol. The Kier molecular flexibility index (Phi) is 72.9. The molecule has 0 heterocycles. The summed E-state index contributed by atoms with van der Waals surface area (Å²) in [5, 5.41) is 23.2. The second kappa shape index (κ2) is 74.5. The number of hydrogen-bond acceptors (Lipinski definition) is 5. The maximum Gasteiger partial charge on any atom is 0.305 e. The van der Waals surface area contributed by atoms with Crippen LogP contribution in [-0.2, 0) is 14.3 Å². The van der Waals surface area contributed by atoms with Crippen LogP contribution in [0.2, 0.25) is 0 Å². The molecule has 6 nitrogen and oxygen atoms in total. The van der Waals surface area contributed by atoms with E-state index in [1.54, 1.807) is 6.08 Å². The first kappa shape index (κ1) is 83.1. The van der Waals surface area contributed by atoms with Gasteiger partial charge in [0.1, 0.15) is 0 Å². The van der Waals surface area contributed by atoms with Gasteiger partial charge < -0.3 is 20.3 Å². The van der Waals surface area contributed by atoms with Crippen molar-refractivity contribution >= 4 is 11.9 Å². The lowest BCUT2D eigenvalue weighted by Crippen LogP contribution is -2.45. The van der Waals surface area contributed by atoms with E-state index >= 15 is 0 Å². The summed E-state index contributed by atoms with van der Waals surface area (Å²) in [7, 11) is 0. The molecule has 0 aliphatic carbocycles. The highest BCUT2D eigenvalue weighted by atomic mass is 16.5. The molecule has 2 atom stereocenters. The van der Waals surface area contributed by atoms with Crippen LogP contribution < -0.4 is 5.32 Å². The average molecular weight is 1200 g/mol. The number of hydrogen-bond donors (Lipinski definition) is 3. The van der Waals surface area contributed by atoms with Crippen LogP contribution in [0.3, 0.4) is 0 Å². The molecule has 6 heteroatoms. The molecule has 1 amide bonds. The highest BCUT2D eigenvalue weighted by molar-refractivity contribution is 5.76. The molecule has 0 aromatic heterocycles. The topological polar surface area (TPSA) is 95.9 Å². The largest absolute Gasteiger partial charge is 0.466 e. The van der Waals surface area contributed by atoms with Crippen LogP contribution in [0.5, 0.6) is 0 Å². The zero-order valence-corrected chi connectivity index (χ0v) is 57.6. The van der Waals surface area contributed by atoms with E-state index in [1.165, 1.54) is 360 Å². The fourth-order valence-electron chi connectivity index (χ4n) is 12.2. The van der Waals surface area contributed by atoms with Crippen LogP contribution in [0.15, 0.2) is 36.5 Å². The monoisotopic (exact) mass is 1190 g/mol. The number of rotatable bonds is 73. The number of nitrogens with one attached hydrogen (secondary N) is 1. The third kappa shape index (κ3) is 71.0. The zero-order valence-electron chi connectivity index (χ0n) is 57.6. The van der Waals surface area contributed by atoms with E-state index < -0.39 is 12.1 Å². The number of esters is 1. The van der Waals surface area contributed by atoms with Crippen LogP contribution in [0, 0.1) is 0 Å². The Labute approximate surface area is 532 Å². The number of carbonyl (C=O) groups excluding carboxylic acids is 2. The molecule has 0 aliphatic rings. The van der Waals surface area contributed by atoms with Gasteiger partial charge in [0.05, 0.1) is 25.4 Å². The van der Waals surface area contributed by atoms with Crippen molar-refractivity contribution < 1.29 is 24.5 Å². The van der Waals surface area contributed by atoms with Gasteiger partial charge in [-0.3, -0.25) is 9.59 Å². The smallest absolute Gasteiger partial charge is 0.305 e. The van der Waals surface area contributed by atoms with Gasteiger partial charge in [-0.25, -0.2) is 0 Å². The number of carbonyl (C=O) groups is 2. The highest BCUT2D eigenvalue weighted by Gasteiger charge is 2.18. The Morgan fingerprint density at radius 3 is 0.835 bits per heavy atom. The Morgan fingerprint density at radius 2 is 0.553 bits per heavy atom. The number of allylic oxidation sites excluding steroid dienone is 5. The van der Waals surface area contributed by atoms with E-state index in [0.29, 0.717) is 19.4 Å². The van der Waals surface area contributed by atoms with Crippen molar-refractivity contribution in [1.29, 1.82) is 0 Å². The molecule has 0 radical (unpaired) electrons. The summed E-state index contributed by atoms with van der Waals surface area (Å²) >= 11 is 0. The average Bonchev–Trinajstić information content (AvgIpc) is 3.51. The van der Waals surface area contributed by atoms with Crippen LogP contribution in [0.1, 0.15) is 431 Å². The highest BCUT2D eigenvalue weighted by Crippen LogP contribution is 2.19. The minimum atomic E-state index is -0.842. The maximum atomic E-state index is 12.5. The molecule has 0 rings (SSSR count). The van der Waals surface area contributed by atoms with Gasteiger partial charge >= 0.3 is 5.97 Å². The van der Waals surface area contributed by atoms with E-state index in [4.69, 9.17) is 4.74 Å². The Bertz CT molecular complexity index is 1380. The molecule has 0 spiro atoms. The fourth-order valence-corrected chi connectivity index (χ4v) is 12.2. The van der Waals surface area contributed by atoms with Crippen LogP contribution in [0.25, 0.3) is 0 Å². The SMILES string of the molecule is CCCCCCCC/C=C\CCCCCCCCCC(=O)OCCCCCCCCCCCCCCCC/C=C\CCCCCCCCCCCCCCCCCCCC(=O)NC(CO)C(O)/C=C/CCCCCCCCCCCCCCCC. The molecule has 502 valence electrons. The van der Waals surface area contributed by atoms with Gasteiger partial charge in [0, 0.05) is 12.8 Å². The Morgan fingerprint density at radius 1 is 0.318 bits per heavy atom. The van der Waals surface area contributed by atoms with Crippen molar-refractivity contribution in [1.82, 2.24) is 5.32 Å². The lowest BCUT2D eigenvalue weighted by atomic mass is 10.0. The van der Waals surface area contributed by atoms with Crippen LogP contribution >= 0.6 is 0 Å². The number of aliphatic hydroxyl groups is 2. The number of amides is 1. The summed E-state index contributed by atoms with van der Waals surface area (Å²) in [6.45, 7) is 4.94. The molecule has 3 N–H and O–H groups in total. The van der Waals surface area contributed by atoms with E-state index in [-0.39, 0.29) is 18.5 Å². The van der Waals surface area contributed by atoms with Gasteiger partial charge in [0.2, 0.25) is 5.91 Å². The first-order valence-electron chi connectivity index (χ1n) is 38.8. The quantitative estimate of drug-likeness (QED) is 0.0320. The summed E-state index contributed by atoms with van der Waals surface area (Å²) in [5.41, 5.74) is 0. The molecule has 0 fully saturated rings. The van der Waals surface area contributed by atoms with E-state index in [2.05, 4.69) is 43.5 Å². The van der Waals surface area contributed by atoms with E-state index in [9.17, 15) is 19.8 Å². The third-order valence-corrected chi connectivity index (χ3v) is 18.1. The summed E-state index contributed by atoms with van der Waals surface area (Å²) in [5.74, 6) is -0.0442. The number of ether oxygens (including phenoxy) is 1. The van der Waals surface area contributed by atoms with Crippen molar-refractivity contribution in [2.45, 2.75) is 443 Å². The van der Waals surface area contributed by atoms with Crippen molar-refractivity contribution in [3.8, 4) is 0 Å². The van der Waals surface area contributed by atoms with Gasteiger partial charge in [-0.1, -0.05) is 371 Å². The molecule has 2 unspecified atom stereocenters. The summed E-state index contributed by atoms with van der Waals surface area (Å²) in [6, 6.07) is -0.625. The third-order valence-electron chi connectivity index (χ3n) is 18.1. The fraction of sp³-hybridized carbons (Fsp3) is 0.899. The van der Waals surface area contributed by atoms with Gasteiger partial charge in [0.15, 0.2) is 0 Å². The Balaban J connectivity index is 3.34. The van der Waals surface area contributed by atoms with Crippen LogP contribution in [-0.4, -0.2) is 47.4 Å². The zero-order chi connectivity index (χ0) is 61.3. The summed E-state index contributed by atoms with van der Waals surface area (Å²) in [4.78, 5) is 24.6. The second-order valence-electron chi connectivity index (χ2n) is 26.7. The van der Waals surface area contributed by atoms with Crippen molar-refractivity contribution in [2.24, 2.45) is 0 Å². The molecule has 0 aliphatic heterocycles. The standard InChI is InChI=1S/C79H151NO5/c1-3-5-7-9-11-13-15-17-19-40-45-49-53-57-61-65-69-73-79(84)85-74-70-66-62-58-54-50-46-42-39-37-35-33-31-29-27-25-23-21-22-24-26-28-30-32-34-36-38-41-44-48-52-56-60-64-68-72-78(83)80-76(75-81)77(82)71-67-63-59-55-51-47-43-20-18-16-14-12-10-8-6-4-2/h17,19,23,25,67,71,76-77,81-82H,3-16,18,20-22,24,26-66,68-70,72-75H2,1-2H3,(H,80,83)/b19-17-,25-23-,71-67+. The molecule has 0 bridgehead atoms. The summed E-state index contributed by atoms with van der Waals surface area (Å²) in [6.07, 6.45) is 96.9. The summed E-state index contributed by atoms with van der Waals surface area (Å²) < 4.78 is 5.51. The molecule has 0 saturated heterocycles. The van der Waals surface area contributed by atoms with Crippen molar-refractivity contribution in [2.75, 3.05) is 13.2 Å². The minimum absolute atomic E-state index is 0.0173. The predicted molar refractivity (Wildman–Crippen MR) is 375 cm³/mol. The first-order chi connectivity index (χ1) is 42.0.